The van der Waals surface area contributed by atoms with Crippen molar-refractivity contribution in [1.82, 2.24) is 5.32 Å². The van der Waals surface area contributed by atoms with E-state index < -0.39 is 29.5 Å². The van der Waals surface area contributed by atoms with Crippen LogP contribution in [0.1, 0.15) is 38.1 Å². The third-order valence-electron chi connectivity index (χ3n) is 3.19. The van der Waals surface area contributed by atoms with Crippen molar-refractivity contribution in [3.8, 4) is 0 Å². The second-order valence-electron chi connectivity index (χ2n) is 6.37. The molecule has 2 unspecified atom stereocenters. The van der Waals surface area contributed by atoms with Gasteiger partial charge in [-0.15, -0.1) is 0 Å². The molecule has 0 saturated heterocycles. The summed E-state index contributed by atoms with van der Waals surface area (Å²) in [6.07, 6.45) is -0.613. The smallest absolute Gasteiger partial charge is 0.407 e. The molecule has 0 fully saturated rings. The van der Waals surface area contributed by atoms with Gasteiger partial charge in [0.25, 0.3) is 0 Å². The van der Waals surface area contributed by atoms with Gasteiger partial charge in [0.1, 0.15) is 11.4 Å². The van der Waals surface area contributed by atoms with Gasteiger partial charge in [0.15, 0.2) is 5.78 Å². The van der Waals surface area contributed by atoms with Crippen LogP contribution in [0.2, 0.25) is 0 Å². The maximum atomic E-state index is 13.0. The van der Waals surface area contributed by atoms with Crippen molar-refractivity contribution >= 4 is 11.9 Å². The minimum atomic E-state index is -0.633. The summed E-state index contributed by atoms with van der Waals surface area (Å²) in [5.74, 6) is -1.16. The highest BCUT2D eigenvalue weighted by Gasteiger charge is 2.28. The van der Waals surface area contributed by atoms with Crippen LogP contribution in [0.15, 0.2) is 24.3 Å². The monoisotopic (exact) mass is 325 g/mol. The highest BCUT2D eigenvalue weighted by Crippen LogP contribution is 2.15. The van der Waals surface area contributed by atoms with E-state index in [1.165, 1.54) is 31.4 Å². The number of ether oxygens (including phenoxy) is 2. The fourth-order valence-corrected chi connectivity index (χ4v) is 2.01. The third-order valence-corrected chi connectivity index (χ3v) is 3.19. The predicted octanol–water partition coefficient (Wildman–Crippen LogP) is 3.18. The molecule has 0 heterocycles. The van der Waals surface area contributed by atoms with Crippen LogP contribution in [-0.4, -0.2) is 37.2 Å². The number of Topliss-reactive ketones (excluding diaryl/α,β-unsaturated/α-hetero) is 1. The Labute approximate surface area is 136 Å². The molecule has 0 aliphatic rings. The summed E-state index contributed by atoms with van der Waals surface area (Å²) in [6.45, 7) is 7.11. The number of amides is 1. The van der Waals surface area contributed by atoms with E-state index in [4.69, 9.17) is 9.47 Å². The zero-order chi connectivity index (χ0) is 17.6. The normalized spacial score (nSPS) is 14.0. The van der Waals surface area contributed by atoms with E-state index in [0.717, 1.165) is 0 Å². The fraction of sp³-hybridized carbons (Fsp3) is 0.529. The molecule has 0 aromatic heterocycles. The standard InChI is InChI=1S/C17H24FNO4/c1-11(15(20)12-6-8-13(18)9-7-12)14(10-22-5)19-16(21)23-17(2,3)4/h6-9,11,14H,10H2,1-5H3,(H,19,21). The molecule has 0 spiro atoms. The molecule has 2 atom stereocenters. The van der Waals surface area contributed by atoms with E-state index >= 15 is 0 Å². The number of hydrogen-bond donors (Lipinski definition) is 1. The first-order chi connectivity index (χ1) is 10.6. The molecular weight excluding hydrogens is 301 g/mol. The van der Waals surface area contributed by atoms with E-state index in [2.05, 4.69) is 5.32 Å². The van der Waals surface area contributed by atoms with Crippen molar-refractivity contribution < 1.29 is 23.5 Å². The number of alkyl carbamates (subject to hydrolysis) is 1. The Kier molecular flexibility index (Phi) is 6.69. The number of halogens is 1. The van der Waals surface area contributed by atoms with E-state index in [9.17, 15) is 14.0 Å². The highest BCUT2D eigenvalue weighted by atomic mass is 19.1. The first-order valence-electron chi connectivity index (χ1n) is 7.42. The molecule has 0 bridgehead atoms. The maximum Gasteiger partial charge on any atom is 0.407 e. The van der Waals surface area contributed by atoms with Crippen LogP contribution in [0.5, 0.6) is 0 Å². The Morgan fingerprint density at radius 3 is 2.26 bits per heavy atom. The molecular formula is C17H24FNO4. The SMILES string of the molecule is COCC(NC(=O)OC(C)(C)C)C(C)C(=O)c1ccc(F)cc1. The van der Waals surface area contributed by atoms with Crippen molar-refractivity contribution in [3.63, 3.8) is 0 Å². The van der Waals surface area contributed by atoms with Crippen LogP contribution in [-0.2, 0) is 9.47 Å². The van der Waals surface area contributed by atoms with Gasteiger partial charge < -0.3 is 14.8 Å². The van der Waals surface area contributed by atoms with Gasteiger partial charge in [-0.2, -0.15) is 0 Å². The highest BCUT2D eigenvalue weighted by molar-refractivity contribution is 5.98. The van der Waals surface area contributed by atoms with Crippen LogP contribution in [0.4, 0.5) is 9.18 Å². The number of methoxy groups -OCH3 is 1. The molecule has 1 rings (SSSR count). The molecule has 0 aliphatic carbocycles. The van der Waals surface area contributed by atoms with Gasteiger partial charge in [0.2, 0.25) is 0 Å². The van der Waals surface area contributed by atoms with Gasteiger partial charge in [0, 0.05) is 18.6 Å². The summed E-state index contributed by atoms with van der Waals surface area (Å²) in [4.78, 5) is 24.4. The maximum absolute atomic E-state index is 13.0. The van der Waals surface area contributed by atoms with Crippen LogP contribution < -0.4 is 5.32 Å². The van der Waals surface area contributed by atoms with Crippen molar-refractivity contribution in [2.75, 3.05) is 13.7 Å². The Hall–Kier alpha value is -1.95. The Morgan fingerprint density at radius 1 is 1.22 bits per heavy atom. The third kappa shape index (κ3) is 6.36. The summed E-state index contributed by atoms with van der Waals surface area (Å²) in [5.41, 5.74) is -0.252. The van der Waals surface area contributed by atoms with Gasteiger partial charge in [-0.25, -0.2) is 9.18 Å². The second kappa shape index (κ2) is 8.06. The molecule has 6 heteroatoms. The largest absolute Gasteiger partial charge is 0.444 e. The van der Waals surface area contributed by atoms with E-state index in [1.54, 1.807) is 27.7 Å². The van der Waals surface area contributed by atoms with Gasteiger partial charge in [-0.3, -0.25) is 4.79 Å². The lowest BCUT2D eigenvalue weighted by atomic mass is 9.93. The summed E-state index contributed by atoms with van der Waals surface area (Å²) >= 11 is 0. The van der Waals surface area contributed by atoms with E-state index in [-0.39, 0.29) is 12.4 Å². The Bertz CT molecular complexity index is 537. The van der Waals surface area contributed by atoms with Crippen molar-refractivity contribution in [1.29, 1.82) is 0 Å². The minimum Gasteiger partial charge on any atom is -0.444 e. The number of rotatable bonds is 6. The van der Waals surface area contributed by atoms with Crippen molar-refractivity contribution in [2.45, 2.75) is 39.3 Å². The lowest BCUT2D eigenvalue weighted by Gasteiger charge is -2.26. The topological polar surface area (TPSA) is 64.6 Å². The Morgan fingerprint density at radius 2 is 1.78 bits per heavy atom. The van der Waals surface area contributed by atoms with Gasteiger partial charge in [-0.05, 0) is 45.0 Å². The molecule has 1 amide bonds. The molecule has 128 valence electrons. The lowest BCUT2D eigenvalue weighted by molar-refractivity contribution is 0.0435. The number of hydrogen-bond acceptors (Lipinski definition) is 4. The first-order valence-corrected chi connectivity index (χ1v) is 7.42. The van der Waals surface area contributed by atoms with Gasteiger partial charge in [0.05, 0.1) is 12.6 Å². The van der Waals surface area contributed by atoms with Gasteiger partial charge >= 0.3 is 6.09 Å². The lowest BCUT2D eigenvalue weighted by Crippen LogP contribution is -2.46. The predicted molar refractivity (Wildman–Crippen MR) is 84.9 cm³/mol. The van der Waals surface area contributed by atoms with E-state index in [1.807, 2.05) is 0 Å². The number of nitrogens with one attached hydrogen (secondary N) is 1. The zero-order valence-electron chi connectivity index (χ0n) is 14.2. The van der Waals surface area contributed by atoms with Crippen molar-refractivity contribution in [2.24, 2.45) is 5.92 Å². The molecule has 1 aromatic carbocycles. The number of carbonyl (C=O) groups excluding carboxylic acids is 2. The molecule has 0 aliphatic heterocycles. The molecule has 1 N–H and O–H groups in total. The summed E-state index contributed by atoms with van der Waals surface area (Å²) in [7, 11) is 1.48. The second-order valence-corrected chi connectivity index (χ2v) is 6.37. The molecule has 23 heavy (non-hydrogen) atoms. The summed E-state index contributed by atoms with van der Waals surface area (Å²) in [5, 5.41) is 2.66. The number of carbonyl (C=O) groups is 2. The van der Waals surface area contributed by atoms with Crippen molar-refractivity contribution in [3.05, 3.63) is 35.6 Å². The molecule has 0 saturated carbocycles. The van der Waals surface area contributed by atoms with Crippen LogP contribution in [0.25, 0.3) is 0 Å². The summed E-state index contributed by atoms with van der Waals surface area (Å²) < 4.78 is 23.2. The van der Waals surface area contributed by atoms with E-state index in [0.29, 0.717) is 5.56 Å². The Balaban J connectivity index is 2.80. The zero-order valence-corrected chi connectivity index (χ0v) is 14.2. The first kappa shape index (κ1) is 19.1. The van der Waals surface area contributed by atoms with Gasteiger partial charge in [-0.1, -0.05) is 6.92 Å². The molecule has 0 radical (unpaired) electrons. The van der Waals surface area contributed by atoms with Crippen LogP contribution in [0.3, 0.4) is 0 Å². The number of benzene rings is 1. The van der Waals surface area contributed by atoms with Crippen LogP contribution >= 0.6 is 0 Å². The quantitative estimate of drug-likeness (QED) is 0.816. The minimum absolute atomic E-state index is 0.160. The fourth-order valence-electron chi connectivity index (χ4n) is 2.01. The summed E-state index contributed by atoms with van der Waals surface area (Å²) in [6, 6.07) is 4.75. The molecule has 1 aromatic rings. The number of ketones is 1. The molecule has 5 nitrogen and oxygen atoms in total. The van der Waals surface area contributed by atoms with Crippen LogP contribution in [0, 0.1) is 11.7 Å². The average Bonchev–Trinajstić information content (AvgIpc) is 2.44. The average molecular weight is 325 g/mol.